The highest BCUT2D eigenvalue weighted by atomic mass is 16.6. The maximum absolute atomic E-state index is 11.0. The van der Waals surface area contributed by atoms with E-state index < -0.39 is 5.41 Å². The molecule has 0 aromatic heterocycles. The highest BCUT2D eigenvalue weighted by Crippen LogP contribution is 2.44. The van der Waals surface area contributed by atoms with Gasteiger partial charge >= 0.3 is 0 Å². The number of benzene rings is 1. The fraction of sp³-hybridized carbons (Fsp3) is 0.500. The minimum absolute atomic E-state index is 0.131. The van der Waals surface area contributed by atoms with E-state index in [-0.39, 0.29) is 10.6 Å². The molecular weight excluding hydrogens is 228 g/mol. The van der Waals surface area contributed by atoms with Crippen molar-refractivity contribution in [2.24, 2.45) is 11.3 Å². The fourth-order valence-electron chi connectivity index (χ4n) is 2.90. The third kappa shape index (κ3) is 2.35. The molecule has 0 aliphatic heterocycles. The predicted octanol–water partition coefficient (Wildman–Crippen LogP) is 3.47. The Morgan fingerprint density at radius 1 is 1.56 bits per heavy atom. The zero-order valence-corrected chi connectivity index (χ0v) is 10.4. The van der Waals surface area contributed by atoms with Crippen LogP contribution in [0.2, 0.25) is 0 Å². The maximum atomic E-state index is 11.0. The van der Waals surface area contributed by atoms with Crippen molar-refractivity contribution in [3.8, 4) is 6.07 Å². The second kappa shape index (κ2) is 4.77. The molecule has 0 heterocycles. The number of nitro groups is 1. The van der Waals surface area contributed by atoms with Crippen LogP contribution in [0.25, 0.3) is 0 Å². The summed E-state index contributed by atoms with van der Waals surface area (Å²) in [6.45, 7) is 2.14. The monoisotopic (exact) mass is 244 g/mol. The fourth-order valence-corrected chi connectivity index (χ4v) is 2.90. The maximum Gasteiger partial charge on any atom is 0.272 e. The first-order valence-electron chi connectivity index (χ1n) is 6.20. The molecule has 1 aromatic rings. The Hall–Kier alpha value is -1.89. The van der Waals surface area contributed by atoms with Crippen LogP contribution < -0.4 is 0 Å². The summed E-state index contributed by atoms with van der Waals surface area (Å²) in [6, 6.07) is 9.14. The SMILES string of the molecule is CC1CCC(C#N)(Cc2ccccc2[N+](=O)[O-])C1. The highest BCUT2D eigenvalue weighted by molar-refractivity contribution is 5.41. The van der Waals surface area contributed by atoms with Gasteiger partial charge in [-0.1, -0.05) is 25.1 Å². The Morgan fingerprint density at radius 2 is 2.28 bits per heavy atom. The molecule has 2 rings (SSSR count). The van der Waals surface area contributed by atoms with Gasteiger partial charge in [0.1, 0.15) is 0 Å². The Labute approximate surface area is 106 Å². The van der Waals surface area contributed by atoms with Gasteiger partial charge in [-0.2, -0.15) is 5.26 Å². The van der Waals surface area contributed by atoms with E-state index in [4.69, 9.17) is 0 Å². The number of hydrogen-bond donors (Lipinski definition) is 0. The molecule has 0 saturated heterocycles. The van der Waals surface area contributed by atoms with Crippen LogP contribution in [-0.4, -0.2) is 4.92 Å². The zero-order chi connectivity index (χ0) is 13.2. The van der Waals surface area contributed by atoms with Crippen molar-refractivity contribution >= 4 is 5.69 Å². The summed E-state index contributed by atoms with van der Waals surface area (Å²) in [7, 11) is 0. The molecule has 0 N–H and O–H groups in total. The van der Waals surface area contributed by atoms with Crippen molar-refractivity contribution in [2.75, 3.05) is 0 Å². The summed E-state index contributed by atoms with van der Waals surface area (Å²) >= 11 is 0. The molecule has 4 nitrogen and oxygen atoms in total. The summed E-state index contributed by atoms with van der Waals surface area (Å²) in [6.07, 6.45) is 3.21. The summed E-state index contributed by atoms with van der Waals surface area (Å²) in [5.74, 6) is 0.535. The lowest BCUT2D eigenvalue weighted by atomic mass is 9.80. The average Bonchev–Trinajstić information content (AvgIpc) is 2.72. The first kappa shape index (κ1) is 12.6. The predicted molar refractivity (Wildman–Crippen MR) is 67.9 cm³/mol. The Balaban J connectivity index is 2.29. The molecule has 2 unspecified atom stereocenters. The van der Waals surface area contributed by atoms with Gasteiger partial charge in [0.25, 0.3) is 5.69 Å². The van der Waals surface area contributed by atoms with E-state index in [9.17, 15) is 15.4 Å². The van der Waals surface area contributed by atoms with Gasteiger partial charge in [0.2, 0.25) is 0 Å². The standard InChI is InChI=1S/C14H16N2O2/c1-11-6-7-14(8-11,10-15)9-12-4-2-3-5-13(12)16(17)18/h2-5,11H,6-9H2,1H3. The van der Waals surface area contributed by atoms with E-state index in [1.807, 2.05) is 0 Å². The highest BCUT2D eigenvalue weighted by Gasteiger charge is 2.39. The molecule has 1 aromatic carbocycles. The van der Waals surface area contributed by atoms with E-state index in [1.165, 1.54) is 6.07 Å². The number of nitro benzene ring substituents is 1. The van der Waals surface area contributed by atoms with Crippen LogP contribution in [0.3, 0.4) is 0 Å². The second-order valence-corrected chi connectivity index (χ2v) is 5.30. The van der Waals surface area contributed by atoms with Crippen LogP contribution in [0.4, 0.5) is 5.69 Å². The summed E-state index contributed by atoms with van der Waals surface area (Å²) in [5.41, 5.74) is 0.399. The first-order chi connectivity index (χ1) is 8.56. The number of hydrogen-bond acceptors (Lipinski definition) is 3. The number of nitrogens with zero attached hydrogens (tertiary/aromatic N) is 2. The van der Waals surface area contributed by atoms with Crippen LogP contribution in [0, 0.1) is 32.8 Å². The van der Waals surface area contributed by atoms with Gasteiger partial charge in [0.05, 0.1) is 16.4 Å². The minimum atomic E-state index is -0.411. The topological polar surface area (TPSA) is 66.9 Å². The van der Waals surface area contributed by atoms with E-state index in [0.29, 0.717) is 17.9 Å². The van der Waals surface area contributed by atoms with E-state index >= 15 is 0 Å². The lowest BCUT2D eigenvalue weighted by molar-refractivity contribution is -0.385. The summed E-state index contributed by atoms with van der Waals surface area (Å²) in [5, 5.41) is 20.4. The van der Waals surface area contributed by atoms with Gasteiger partial charge in [-0.15, -0.1) is 0 Å². The Morgan fingerprint density at radius 3 is 2.83 bits per heavy atom. The normalized spacial score (nSPS) is 26.8. The molecule has 18 heavy (non-hydrogen) atoms. The lowest BCUT2D eigenvalue weighted by Crippen LogP contribution is -2.18. The molecule has 1 aliphatic rings. The number of nitriles is 1. The van der Waals surface area contributed by atoms with Crippen molar-refractivity contribution in [2.45, 2.75) is 32.6 Å². The van der Waals surface area contributed by atoms with E-state index in [1.54, 1.807) is 18.2 Å². The molecule has 1 saturated carbocycles. The van der Waals surface area contributed by atoms with Crippen LogP contribution in [0.5, 0.6) is 0 Å². The molecule has 0 spiro atoms. The molecule has 0 bridgehead atoms. The number of para-hydroxylation sites is 1. The molecule has 1 aliphatic carbocycles. The average molecular weight is 244 g/mol. The van der Waals surface area contributed by atoms with E-state index in [2.05, 4.69) is 13.0 Å². The lowest BCUT2D eigenvalue weighted by Gasteiger charge is -2.20. The largest absolute Gasteiger partial charge is 0.272 e. The van der Waals surface area contributed by atoms with Gasteiger partial charge in [-0.05, 0) is 31.6 Å². The molecule has 94 valence electrons. The molecule has 0 amide bonds. The van der Waals surface area contributed by atoms with Gasteiger partial charge < -0.3 is 0 Å². The van der Waals surface area contributed by atoms with Crippen LogP contribution in [0.1, 0.15) is 31.7 Å². The molecule has 1 fully saturated rings. The quantitative estimate of drug-likeness (QED) is 0.604. The van der Waals surface area contributed by atoms with Crippen molar-refractivity contribution in [1.29, 1.82) is 5.26 Å². The second-order valence-electron chi connectivity index (χ2n) is 5.30. The van der Waals surface area contributed by atoms with Crippen molar-refractivity contribution in [3.63, 3.8) is 0 Å². The molecule has 0 radical (unpaired) electrons. The smallest absolute Gasteiger partial charge is 0.258 e. The Kier molecular flexibility index (Phi) is 3.33. The van der Waals surface area contributed by atoms with Gasteiger partial charge in [-0.25, -0.2) is 0 Å². The number of rotatable bonds is 3. The van der Waals surface area contributed by atoms with Crippen molar-refractivity contribution < 1.29 is 4.92 Å². The van der Waals surface area contributed by atoms with Crippen LogP contribution >= 0.6 is 0 Å². The van der Waals surface area contributed by atoms with Gasteiger partial charge in [0.15, 0.2) is 0 Å². The van der Waals surface area contributed by atoms with Gasteiger partial charge in [0, 0.05) is 11.6 Å². The van der Waals surface area contributed by atoms with Crippen LogP contribution in [0.15, 0.2) is 24.3 Å². The Bertz CT molecular complexity index is 507. The zero-order valence-electron chi connectivity index (χ0n) is 10.4. The van der Waals surface area contributed by atoms with Crippen molar-refractivity contribution in [1.82, 2.24) is 0 Å². The first-order valence-corrected chi connectivity index (χ1v) is 6.20. The third-order valence-electron chi connectivity index (χ3n) is 3.81. The van der Waals surface area contributed by atoms with Gasteiger partial charge in [-0.3, -0.25) is 10.1 Å². The molecule has 2 atom stereocenters. The summed E-state index contributed by atoms with van der Waals surface area (Å²) in [4.78, 5) is 10.6. The molecular formula is C14H16N2O2. The van der Waals surface area contributed by atoms with E-state index in [0.717, 1.165) is 19.3 Å². The third-order valence-corrected chi connectivity index (χ3v) is 3.81. The molecule has 4 heteroatoms. The van der Waals surface area contributed by atoms with Crippen LogP contribution in [-0.2, 0) is 6.42 Å². The van der Waals surface area contributed by atoms with Crippen molar-refractivity contribution in [3.05, 3.63) is 39.9 Å². The summed E-state index contributed by atoms with van der Waals surface area (Å²) < 4.78 is 0. The minimum Gasteiger partial charge on any atom is -0.258 e.